The molecule has 0 saturated heterocycles. The zero-order valence-corrected chi connectivity index (χ0v) is 41.5. The first-order valence-corrected chi connectivity index (χ1v) is 24.3. The van der Waals surface area contributed by atoms with Gasteiger partial charge < -0.3 is 62.4 Å². The Morgan fingerprint density at radius 1 is 0.917 bits per heavy atom. The minimum atomic E-state index is -4.52. The number of benzene rings is 3. The van der Waals surface area contributed by atoms with Gasteiger partial charge in [-0.25, -0.2) is 24.6 Å². The molecule has 1 aliphatic heterocycles. The van der Waals surface area contributed by atoms with Crippen LogP contribution in [0.5, 0.6) is 23.0 Å². The first-order chi connectivity index (χ1) is 33.6. The number of nitrogens with zero attached hydrogens (tertiary/aromatic N) is 3. The van der Waals surface area contributed by atoms with E-state index in [1.165, 1.54) is 51.2 Å². The number of aromatic nitrogens is 2. The van der Waals surface area contributed by atoms with E-state index in [-0.39, 0.29) is 93.9 Å². The fourth-order valence-electron chi connectivity index (χ4n) is 7.98. The molecule has 1 aromatic heterocycles. The SMILES string of the molecule is Cc1nc(-c2ccc(C(C)(C)C)cc2O)nc(N)c1C(=O)C[C@@H](CNS(N)(=O)=O)C(=O)N(C)[C@@H]1C(=O)C[C@@H](C)C(=O)N[C@H](C(=O)O)Cc2ccc(OC[C@H](O)CN)c(c2)-c2cc1cc(OC[C@H](O)CN)c2O. The van der Waals surface area contributed by atoms with Crippen molar-refractivity contribution in [1.29, 1.82) is 0 Å². The molecule has 4 aromatic rings. The van der Waals surface area contributed by atoms with Crippen LogP contribution in [0.15, 0.2) is 48.5 Å². The van der Waals surface area contributed by atoms with Crippen molar-refractivity contribution in [2.24, 2.45) is 28.4 Å². The van der Waals surface area contributed by atoms with Crippen molar-refractivity contribution in [2.45, 2.75) is 83.6 Å². The standard InChI is InChI=1S/C48H63N9O14S/c1-23-11-37(62)41(57(6)46(65)27(20-53-72(52,68)69)15-36(61)40-24(2)54-44(56-43(40)51)31-9-8-28(17-35(31)60)48(3,4)5)26-14-33(42(63)39(16-26)71-22-30(59)19-50)32-12-25(13-34(47(66)67)55-45(23)64)7-10-38(32)70-21-29(58)18-49/h7-10,12,14,16-17,23,27,29-30,34,41,53,58-60,63H,11,13,15,18-22,49-50H2,1-6H3,(H,55,64)(H,66,67)(H2,51,54,56)(H2,52,68,69)/t23-,27+,29-,30-,34+,41+/m1/s1. The Labute approximate surface area is 416 Å². The van der Waals surface area contributed by atoms with Gasteiger partial charge in [-0.1, -0.05) is 39.8 Å². The van der Waals surface area contributed by atoms with Gasteiger partial charge in [0.15, 0.2) is 28.9 Å². The van der Waals surface area contributed by atoms with Crippen LogP contribution in [0, 0.1) is 18.8 Å². The number of phenols is 2. The van der Waals surface area contributed by atoms with Crippen LogP contribution in [0.25, 0.3) is 22.5 Å². The maximum absolute atomic E-state index is 15.0. The van der Waals surface area contributed by atoms with E-state index in [0.717, 1.165) is 10.5 Å². The average molecular weight is 1020 g/mol. The topological polar surface area (TPSA) is 396 Å². The smallest absolute Gasteiger partial charge is 0.326 e. The second-order valence-corrected chi connectivity index (χ2v) is 20.1. The maximum atomic E-state index is 15.0. The van der Waals surface area contributed by atoms with E-state index in [1.807, 2.05) is 25.5 Å². The molecule has 390 valence electrons. The number of nitrogens with two attached hydrogens (primary N) is 4. The van der Waals surface area contributed by atoms with Crippen LogP contribution >= 0.6 is 0 Å². The summed E-state index contributed by atoms with van der Waals surface area (Å²) in [6.07, 6.45) is -4.07. The van der Waals surface area contributed by atoms with Crippen molar-refractivity contribution in [2.75, 3.05) is 45.6 Å². The summed E-state index contributed by atoms with van der Waals surface area (Å²) >= 11 is 0. The number of fused-ring (bicyclic) bond motifs is 5. The van der Waals surface area contributed by atoms with Crippen LogP contribution in [0.2, 0.25) is 0 Å². The van der Waals surface area contributed by atoms with E-state index in [2.05, 4.69) is 15.3 Å². The van der Waals surface area contributed by atoms with Gasteiger partial charge in [-0.15, -0.1) is 0 Å². The highest BCUT2D eigenvalue weighted by Crippen LogP contribution is 2.45. The molecule has 2 amide bonds. The number of aliphatic hydroxyl groups excluding tert-OH is 2. The van der Waals surface area contributed by atoms with Gasteiger partial charge >= 0.3 is 5.97 Å². The monoisotopic (exact) mass is 1020 g/mol. The third kappa shape index (κ3) is 13.8. The third-order valence-corrected chi connectivity index (χ3v) is 12.6. The number of hydrogen-bond donors (Lipinski definition) is 11. The van der Waals surface area contributed by atoms with E-state index in [1.54, 1.807) is 18.2 Å². The molecule has 3 aromatic carbocycles. The number of ether oxygens (including phenoxy) is 2. The number of rotatable bonds is 18. The van der Waals surface area contributed by atoms with Crippen LogP contribution in [-0.4, -0.2) is 136 Å². The summed E-state index contributed by atoms with van der Waals surface area (Å²) in [7, 11) is -3.34. The molecule has 5 rings (SSSR count). The molecular formula is C48H63N9O14S. The number of likely N-dealkylation sites (N-methyl/N-ethyl adjacent to an activating group) is 1. The number of amides is 2. The Balaban J connectivity index is 1.67. The molecule has 0 saturated carbocycles. The Kier molecular flexibility index (Phi) is 18.1. The number of carboxylic acids is 1. The number of anilines is 1. The number of carboxylic acid groups (broad SMARTS) is 1. The molecule has 24 heteroatoms. The normalized spacial score (nSPS) is 17.7. The van der Waals surface area contributed by atoms with E-state index in [0.29, 0.717) is 5.56 Å². The number of Topliss-reactive ketones (excluding diaryl/α,β-unsaturated/α-hetero) is 2. The minimum Gasteiger partial charge on any atom is -0.507 e. The van der Waals surface area contributed by atoms with Crippen LogP contribution in [0.4, 0.5) is 5.82 Å². The van der Waals surface area contributed by atoms with Gasteiger partial charge in [0, 0.05) is 63.0 Å². The summed E-state index contributed by atoms with van der Waals surface area (Å²) in [5.74, 6) is -9.15. The largest absolute Gasteiger partial charge is 0.507 e. The fourth-order valence-corrected chi connectivity index (χ4v) is 8.42. The number of hydrogen-bond acceptors (Lipinski definition) is 18. The maximum Gasteiger partial charge on any atom is 0.326 e. The number of aliphatic carboxylic acids is 1. The van der Waals surface area contributed by atoms with Crippen molar-refractivity contribution in [3.05, 3.63) is 76.5 Å². The van der Waals surface area contributed by atoms with E-state index in [4.69, 9.17) is 31.8 Å². The lowest BCUT2D eigenvalue weighted by Gasteiger charge is -2.32. The highest BCUT2D eigenvalue weighted by molar-refractivity contribution is 7.87. The number of nitrogen functional groups attached to an aromatic ring is 1. The van der Waals surface area contributed by atoms with E-state index < -0.39 is 107 Å². The number of aryl methyl sites for hydroxylation is 1. The third-order valence-electron chi connectivity index (χ3n) is 12.0. The zero-order chi connectivity index (χ0) is 53.6. The summed E-state index contributed by atoms with van der Waals surface area (Å²) in [6, 6.07) is 8.58. The number of ketones is 2. The molecular weight excluding hydrogens is 959 g/mol. The average Bonchev–Trinajstić information content (AvgIpc) is 3.30. The summed E-state index contributed by atoms with van der Waals surface area (Å²) < 4.78 is 38.5. The lowest BCUT2D eigenvalue weighted by atomic mass is 9.86. The summed E-state index contributed by atoms with van der Waals surface area (Å²) in [5.41, 5.74) is 18.4. The highest BCUT2D eigenvalue weighted by atomic mass is 32.2. The van der Waals surface area contributed by atoms with Crippen LogP contribution in [0.3, 0.4) is 0 Å². The first kappa shape index (κ1) is 56.1. The Bertz CT molecular complexity index is 2800. The van der Waals surface area contributed by atoms with Gasteiger partial charge in [-0.2, -0.15) is 8.42 Å². The molecule has 0 aliphatic carbocycles. The molecule has 0 unspecified atom stereocenters. The summed E-state index contributed by atoms with van der Waals surface area (Å²) in [6.45, 7) is 6.64. The van der Waals surface area contributed by atoms with Gasteiger partial charge in [-0.05, 0) is 65.4 Å². The number of nitrogens with one attached hydrogen (secondary N) is 2. The molecule has 6 atom stereocenters. The minimum absolute atomic E-state index is 0.00999. The van der Waals surface area contributed by atoms with Crippen molar-refractivity contribution < 1.29 is 67.4 Å². The van der Waals surface area contributed by atoms with Crippen molar-refractivity contribution in [3.8, 4) is 45.5 Å². The van der Waals surface area contributed by atoms with Crippen molar-refractivity contribution in [1.82, 2.24) is 24.9 Å². The molecule has 0 radical (unpaired) electrons. The van der Waals surface area contributed by atoms with Gasteiger partial charge in [0.05, 0.1) is 22.7 Å². The molecule has 15 N–H and O–H groups in total. The molecule has 72 heavy (non-hydrogen) atoms. The number of aromatic hydroxyl groups is 2. The molecule has 0 spiro atoms. The Hall–Kier alpha value is -6.80. The van der Waals surface area contributed by atoms with Gasteiger partial charge in [-0.3, -0.25) is 19.2 Å². The lowest BCUT2D eigenvalue weighted by molar-refractivity contribution is -0.143. The zero-order valence-electron chi connectivity index (χ0n) is 40.7. The molecule has 4 bridgehead atoms. The van der Waals surface area contributed by atoms with E-state index >= 15 is 0 Å². The van der Waals surface area contributed by atoms with Crippen LogP contribution < -0.4 is 41.9 Å². The second-order valence-electron chi connectivity index (χ2n) is 18.8. The molecule has 23 nitrogen and oxygen atoms in total. The molecule has 2 heterocycles. The second kappa shape index (κ2) is 23.2. The number of carbonyl (C=O) groups excluding carboxylic acids is 4. The van der Waals surface area contributed by atoms with Gasteiger partial charge in [0.25, 0.3) is 10.2 Å². The van der Waals surface area contributed by atoms with Gasteiger partial charge in [0.1, 0.15) is 54.8 Å². The van der Waals surface area contributed by atoms with Crippen molar-refractivity contribution >= 4 is 45.4 Å². The Morgan fingerprint density at radius 3 is 2.12 bits per heavy atom. The predicted molar refractivity (Wildman–Crippen MR) is 263 cm³/mol. The first-order valence-electron chi connectivity index (χ1n) is 22.8. The summed E-state index contributed by atoms with van der Waals surface area (Å²) in [5, 5.41) is 61.5. The summed E-state index contributed by atoms with van der Waals surface area (Å²) in [4.78, 5) is 79.9. The molecule has 0 fully saturated rings. The van der Waals surface area contributed by atoms with Crippen molar-refractivity contribution in [3.63, 3.8) is 0 Å². The highest BCUT2D eigenvalue weighted by Gasteiger charge is 2.38. The number of carbonyl (C=O) groups is 5. The quantitative estimate of drug-likeness (QED) is 0.0611. The predicted octanol–water partition coefficient (Wildman–Crippen LogP) is 0.709. The fraction of sp³-hybridized carbons (Fsp3) is 0.438. The number of phenolic OH excluding ortho intramolecular Hbond substituents is 2. The van der Waals surface area contributed by atoms with E-state index in [9.17, 15) is 57.9 Å². The lowest BCUT2D eigenvalue weighted by Crippen LogP contribution is -2.46. The number of aliphatic hydroxyl groups is 2. The van der Waals surface area contributed by atoms with Crippen LogP contribution in [-0.2, 0) is 41.2 Å². The van der Waals surface area contributed by atoms with Gasteiger partial charge in [0.2, 0.25) is 11.8 Å². The Morgan fingerprint density at radius 2 is 1.56 bits per heavy atom. The molecule has 1 aliphatic rings. The van der Waals surface area contributed by atoms with Crippen LogP contribution in [0.1, 0.15) is 79.3 Å².